The molecule has 1 aliphatic carbocycles. The number of carbonyl (C=O) groups excluding carboxylic acids is 2. The summed E-state index contributed by atoms with van der Waals surface area (Å²) in [7, 11) is 0. The van der Waals surface area contributed by atoms with Crippen molar-refractivity contribution in [1.29, 1.82) is 0 Å². The number of nitrogens with one attached hydrogen (secondary N) is 4. The molecule has 2 rings (SSSR count). The zero-order chi connectivity index (χ0) is 15.9. The van der Waals surface area contributed by atoms with Crippen LogP contribution in [0.4, 0.5) is 16.2 Å². The van der Waals surface area contributed by atoms with Crippen LogP contribution in [0.15, 0.2) is 36.9 Å². The molecule has 118 valence electrons. The molecular weight excluding hydrogens is 280 g/mol. The van der Waals surface area contributed by atoms with Gasteiger partial charge in [0.15, 0.2) is 0 Å². The second-order valence-electron chi connectivity index (χ2n) is 5.35. The lowest BCUT2D eigenvalue weighted by molar-refractivity contribution is -0.121. The highest BCUT2D eigenvalue weighted by molar-refractivity contribution is 5.90. The van der Waals surface area contributed by atoms with Gasteiger partial charge in [0.25, 0.3) is 0 Å². The highest BCUT2D eigenvalue weighted by Gasteiger charge is 2.23. The molecule has 0 aliphatic heterocycles. The van der Waals surface area contributed by atoms with Gasteiger partial charge in [-0.15, -0.1) is 6.58 Å². The summed E-state index contributed by atoms with van der Waals surface area (Å²) in [5, 5.41) is 11.5. The molecule has 6 nitrogen and oxygen atoms in total. The van der Waals surface area contributed by atoms with Gasteiger partial charge in [-0.25, -0.2) is 4.79 Å². The van der Waals surface area contributed by atoms with Crippen LogP contribution in [-0.4, -0.2) is 30.6 Å². The number of hydrogen-bond donors (Lipinski definition) is 4. The van der Waals surface area contributed by atoms with E-state index in [9.17, 15) is 9.59 Å². The first-order valence-electron chi connectivity index (χ1n) is 7.41. The van der Waals surface area contributed by atoms with Crippen molar-refractivity contribution in [2.75, 3.05) is 17.2 Å². The maximum atomic E-state index is 11.7. The van der Waals surface area contributed by atoms with E-state index in [1.807, 2.05) is 12.1 Å². The van der Waals surface area contributed by atoms with E-state index < -0.39 is 0 Å². The number of urea groups is 1. The summed E-state index contributed by atoms with van der Waals surface area (Å²) in [6.45, 7) is 5.79. The maximum absolute atomic E-state index is 11.7. The van der Waals surface area contributed by atoms with Crippen molar-refractivity contribution in [3.8, 4) is 0 Å². The van der Waals surface area contributed by atoms with Gasteiger partial charge in [-0.3, -0.25) is 4.79 Å². The summed E-state index contributed by atoms with van der Waals surface area (Å²) in [4.78, 5) is 23.4. The quantitative estimate of drug-likeness (QED) is 0.582. The second kappa shape index (κ2) is 7.49. The molecule has 1 unspecified atom stereocenters. The zero-order valence-corrected chi connectivity index (χ0v) is 12.7. The van der Waals surface area contributed by atoms with E-state index in [0.29, 0.717) is 18.3 Å². The summed E-state index contributed by atoms with van der Waals surface area (Å²) in [5.74, 6) is -0.0917. The summed E-state index contributed by atoms with van der Waals surface area (Å²) in [6, 6.07) is 7.04. The second-order valence-corrected chi connectivity index (χ2v) is 5.35. The van der Waals surface area contributed by atoms with Crippen LogP contribution in [-0.2, 0) is 4.79 Å². The van der Waals surface area contributed by atoms with E-state index in [1.54, 1.807) is 25.1 Å². The van der Waals surface area contributed by atoms with Gasteiger partial charge in [0.2, 0.25) is 5.91 Å². The lowest BCUT2D eigenvalue weighted by Crippen LogP contribution is -2.37. The van der Waals surface area contributed by atoms with Crippen molar-refractivity contribution < 1.29 is 9.59 Å². The summed E-state index contributed by atoms with van der Waals surface area (Å²) < 4.78 is 0. The highest BCUT2D eigenvalue weighted by atomic mass is 16.2. The van der Waals surface area contributed by atoms with Gasteiger partial charge in [-0.05, 0) is 44.0 Å². The van der Waals surface area contributed by atoms with Crippen molar-refractivity contribution in [1.82, 2.24) is 10.6 Å². The third-order valence-corrected chi connectivity index (χ3v) is 3.25. The van der Waals surface area contributed by atoms with Crippen LogP contribution in [0.2, 0.25) is 0 Å². The van der Waals surface area contributed by atoms with Crippen LogP contribution in [0.3, 0.4) is 0 Å². The fraction of sp³-hybridized carbons (Fsp3) is 0.375. The number of amides is 3. The Morgan fingerprint density at radius 2 is 1.91 bits per heavy atom. The molecule has 0 spiro atoms. The normalized spacial score (nSPS) is 14.6. The van der Waals surface area contributed by atoms with E-state index in [4.69, 9.17) is 0 Å². The average Bonchev–Trinajstić information content (AvgIpc) is 3.30. The van der Waals surface area contributed by atoms with Crippen molar-refractivity contribution >= 4 is 23.3 Å². The summed E-state index contributed by atoms with van der Waals surface area (Å²) in [6.07, 6.45) is 3.75. The van der Waals surface area contributed by atoms with E-state index >= 15 is 0 Å². The average molecular weight is 302 g/mol. The molecule has 1 fully saturated rings. The van der Waals surface area contributed by atoms with E-state index in [0.717, 1.165) is 18.5 Å². The molecule has 22 heavy (non-hydrogen) atoms. The molecule has 0 aromatic heterocycles. The van der Waals surface area contributed by atoms with Crippen LogP contribution >= 0.6 is 0 Å². The van der Waals surface area contributed by atoms with E-state index in [-0.39, 0.29) is 18.0 Å². The molecule has 0 saturated heterocycles. The third kappa shape index (κ3) is 5.12. The summed E-state index contributed by atoms with van der Waals surface area (Å²) in [5.41, 5.74) is 1.53. The number of benzene rings is 1. The Morgan fingerprint density at radius 3 is 2.50 bits per heavy atom. The van der Waals surface area contributed by atoms with E-state index in [2.05, 4.69) is 27.8 Å². The molecule has 1 aromatic carbocycles. The van der Waals surface area contributed by atoms with Gasteiger partial charge in [0, 0.05) is 24.0 Å². The third-order valence-electron chi connectivity index (χ3n) is 3.25. The predicted octanol–water partition coefficient (Wildman–Crippen LogP) is 2.07. The number of carbonyl (C=O) groups is 2. The van der Waals surface area contributed by atoms with Gasteiger partial charge >= 0.3 is 6.03 Å². The monoisotopic (exact) mass is 302 g/mol. The predicted molar refractivity (Wildman–Crippen MR) is 87.9 cm³/mol. The van der Waals surface area contributed by atoms with Gasteiger partial charge < -0.3 is 21.3 Å². The van der Waals surface area contributed by atoms with Crippen molar-refractivity contribution in [3.63, 3.8) is 0 Å². The Kier molecular flexibility index (Phi) is 5.41. The maximum Gasteiger partial charge on any atom is 0.319 e. The molecule has 1 aromatic rings. The minimum absolute atomic E-state index is 0.0917. The minimum Gasteiger partial charge on any atom is -0.374 e. The Morgan fingerprint density at radius 1 is 1.27 bits per heavy atom. The van der Waals surface area contributed by atoms with E-state index in [1.165, 1.54) is 0 Å². The molecule has 4 N–H and O–H groups in total. The number of anilines is 2. The van der Waals surface area contributed by atoms with Gasteiger partial charge in [0.1, 0.15) is 6.04 Å². The van der Waals surface area contributed by atoms with Crippen LogP contribution in [0.5, 0.6) is 0 Å². The molecule has 1 saturated carbocycles. The first-order valence-corrected chi connectivity index (χ1v) is 7.41. The zero-order valence-electron chi connectivity index (χ0n) is 12.7. The van der Waals surface area contributed by atoms with Gasteiger partial charge in [-0.1, -0.05) is 6.08 Å². The highest BCUT2D eigenvalue weighted by Crippen LogP contribution is 2.19. The van der Waals surface area contributed by atoms with Crippen molar-refractivity contribution in [2.45, 2.75) is 31.8 Å². The molecule has 1 atom stereocenters. The Balaban J connectivity index is 1.81. The fourth-order valence-corrected chi connectivity index (χ4v) is 1.87. The van der Waals surface area contributed by atoms with Crippen molar-refractivity contribution in [2.24, 2.45) is 0 Å². The molecule has 6 heteroatoms. The van der Waals surface area contributed by atoms with Crippen molar-refractivity contribution in [3.05, 3.63) is 36.9 Å². The molecule has 1 aliphatic rings. The lowest BCUT2D eigenvalue weighted by atomic mass is 10.2. The van der Waals surface area contributed by atoms with Crippen LogP contribution < -0.4 is 21.3 Å². The van der Waals surface area contributed by atoms with Gasteiger partial charge in [-0.2, -0.15) is 0 Å². The van der Waals surface area contributed by atoms with Crippen LogP contribution in [0, 0.1) is 0 Å². The first-order chi connectivity index (χ1) is 10.6. The molecule has 0 bridgehead atoms. The molecule has 0 heterocycles. The Hall–Kier alpha value is -2.50. The summed E-state index contributed by atoms with van der Waals surface area (Å²) >= 11 is 0. The largest absolute Gasteiger partial charge is 0.374 e. The standard InChI is InChI=1S/C16H22N4O2/c1-3-10-17-15(21)11(2)18-12-4-6-13(7-5-12)19-16(22)20-14-8-9-14/h3-7,11,14,18H,1,8-10H2,2H3,(H,17,21)(H2,19,20,22). The lowest BCUT2D eigenvalue weighted by Gasteiger charge is -2.15. The fourth-order valence-electron chi connectivity index (χ4n) is 1.87. The number of rotatable bonds is 7. The van der Waals surface area contributed by atoms with Crippen LogP contribution in [0.25, 0.3) is 0 Å². The Labute approximate surface area is 130 Å². The first kappa shape index (κ1) is 15.9. The van der Waals surface area contributed by atoms with Crippen LogP contribution in [0.1, 0.15) is 19.8 Å². The molecule has 3 amide bonds. The molecular formula is C16H22N4O2. The number of hydrogen-bond acceptors (Lipinski definition) is 3. The Bertz CT molecular complexity index is 538. The van der Waals surface area contributed by atoms with Gasteiger partial charge in [0.05, 0.1) is 0 Å². The smallest absolute Gasteiger partial charge is 0.319 e. The minimum atomic E-state index is -0.350. The topological polar surface area (TPSA) is 82.3 Å². The SMILES string of the molecule is C=CCNC(=O)C(C)Nc1ccc(NC(=O)NC2CC2)cc1. The molecule has 0 radical (unpaired) electrons.